The van der Waals surface area contributed by atoms with E-state index in [1.165, 1.54) is 32.1 Å². The summed E-state index contributed by atoms with van der Waals surface area (Å²) >= 11 is 0. The van der Waals surface area contributed by atoms with E-state index in [2.05, 4.69) is 27.5 Å². The topological polar surface area (TPSA) is 49.8 Å². The molecule has 1 aromatic rings. The van der Waals surface area contributed by atoms with Gasteiger partial charge in [-0.1, -0.05) is 26.2 Å². The van der Waals surface area contributed by atoms with Gasteiger partial charge in [0.1, 0.15) is 5.82 Å². The molecule has 2 N–H and O–H groups in total. The summed E-state index contributed by atoms with van der Waals surface area (Å²) in [7, 11) is 1.84. The van der Waals surface area contributed by atoms with Gasteiger partial charge in [0.05, 0.1) is 0 Å². The third-order valence-corrected chi connectivity index (χ3v) is 3.65. The number of aromatic nitrogens is 2. The highest BCUT2D eigenvalue weighted by Crippen LogP contribution is 2.28. The summed E-state index contributed by atoms with van der Waals surface area (Å²) in [6, 6.07) is 2.52. The monoisotopic (exact) mass is 234 g/mol. The molecule has 2 unspecified atom stereocenters. The molecule has 1 heterocycles. The Hall–Kier alpha value is -1.32. The molecule has 1 saturated carbocycles. The first kappa shape index (κ1) is 12.1. The molecule has 1 aliphatic rings. The van der Waals surface area contributed by atoms with Gasteiger partial charge in [0.25, 0.3) is 0 Å². The number of anilines is 2. The van der Waals surface area contributed by atoms with Crippen LogP contribution >= 0.6 is 0 Å². The number of hydrogen-bond donors (Lipinski definition) is 2. The minimum absolute atomic E-state index is 0.577. The van der Waals surface area contributed by atoms with Crippen LogP contribution in [0.5, 0.6) is 0 Å². The van der Waals surface area contributed by atoms with Crippen LogP contribution in [0.1, 0.15) is 39.0 Å². The van der Waals surface area contributed by atoms with Crippen molar-refractivity contribution in [3.05, 3.63) is 12.3 Å². The van der Waals surface area contributed by atoms with Crippen molar-refractivity contribution >= 4 is 11.8 Å². The quantitative estimate of drug-likeness (QED) is 0.841. The molecule has 2 rings (SSSR count). The smallest absolute Gasteiger partial charge is 0.224 e. The average molecular weight is 234 g/mol. The second-order valence-electron chi connectivity index (χ2n) is 4.72. The van der Waals surface area contributed by atoms with E-state index in [4.69, 9.17) is 0 Å². The first-order chi connectivity index (χ1) is 8.33. The van der Waals surface area contributed by atoms with E-state index in [0.29, 0.717) is 12.0 Å². The molecular formula is C13H22N4. The first-order valence-corrected chi connectivity index (χ1v) is 6.60. The van der Waals surface area contributed by atoms with Gasteiger partial charge in [-0.3, -0.25) is 0 Å². The molecule has 0 saturated heterocycles. The highest BCUT2D eigenvalue weighted by atomic mass is 15.1. The SMILES string of the molecule is CCC1CCCCC1Nc1ccnc(NC)n1. The Morgan fingerprint density at radius 3 is 2.94 bits per heavy atom. The molecule has 4 nitrogen and oxygen atoms in total. The number of hydrogen-bond acceptors (Lipinski definition) is 4. The molecule has 2 atom stereocenters. The number of nitrogens with zero attached hydrogens (tertiary/aromatic N) is 2. The fourth-order valence-electron chi connectivity index (χ4n) is 2.64. The predicted octanol–water partition coefficient (Wildman–Crippen LogP) is 2.90. The second-order valence-corrected chi connectivity index (χ2v) is 4.72. The van der Waals surface area contributed by atoms with Gasteiger partial charge in [-0.15, -0.1) is 0 Å². The van der Waals surface area contributed by atoms with Crippen molar-refractivity contribution in [2.45, 2.75) is 45.1 Å². The third-order valence-electron chi connectivity index (χ3n) is 3.65. The van der Waals surface area contributed by atoms with E-state index in [1.807, 2.05) is 13.1 Å². The summed E-state index contributed by atoms with van der Waals surface area (Å²) in [6.45, 7) is 2.28. The van der Waals surface area contributed by atoms with Gasteiger partial charge >= 0.3 is 0 Å². The van der Waals surface area contributed by atoms with E-state index in [0.717, 1.165) is 11.7 Å². The van der Waals surface area contributed by atoms with Crippen molar-refractivity contribution in [2.24, 2.45) is 5.92 Å². The van der Waals surface area contributed by atoms with Crippen molar-refractivity contribution < 1.29 is 0 Å². The molecule has 0 amide bonds. The van der Waals surface area contributed by atoms with Crippen LogP contribution < -0.4 is 10.6 Å². The van der Waals surface area contributed by atoms with Crippen molar-refractivity contribution in [1.82, 2.24) is 9.97 Å². The van der Waals surface area contributed by atoms with E-state index in [9.17, 15) is 0 Å². The lowest BCUT2D eigenvalue weighted by molar-refractivity contribution is 0.317. The maximum Gasteiger partial charge on any atom is 0.224 e. The maximum atomic E-state index is 4.42. The zero-order valence-corrected chi connectivity index (χ0v) is 10.7. The van der Waals surface area contributed by atoms with Crippen LogP contribution in [0, 0.1) is 5.92 Å². The summed E-state index contributed by atoms with van der Waals surface area (Å²) in [4.78, 5) is 8.55. The van der Waals surface area contributed by atoms with Crippen molar-refractivity contribution in [3.63, 3.8) is 0 Å². The third kappa shape index (κ3) is 3.08. The molecule has 0 spiro atoms. The molecule has 0 aliphatic heterocycles. The normalized spacial score (nSPS) is 24.4. The fourth-order valence-corrected chi connectivity index (χ4v) is 2.64. The molecular weight excluding hydrogens is 212 g/mol. The van der Waals surface area contributed by atoms with E-state index >= 15 is 0 Å². The number of rotatable bonds is 4. The van der Waals surface area contributed by atoms with Crippen molar-refractivity contribution in [3.8, 4) is 0 Å². The molecule has 1 fully saturated rings. The largest absolute Gasteiger partial charge is 0.367 e. The number of nitrogens with one attached hydrogen (secondary N) is 2. The summed E-state index contributed by atoms with van der Waals surface area (Å²) < 4.78 is 0. The van der Waals surface area contributed by atoms with Gasteiger partial charge < -0.3 is 10.6 Å². The summed E-state index contributed by atoms with van der Waals surface area (Å²) in [5.41, 5.74) is 0. The van der Waals surface area contributed by atoms with Crippen molar-refractivity contribution in [1.29, 1.82) is 0 Å². The highest BCUT2D eigenvalue weighted by molar-refractivity contribution is 5.40. The Kier molecular flexibility index (Phi) is 4.18. The van der Waals surface area contributed by atoms with Crippen molar-refractivity contribution in [2.75, 3.05) is 17.7 Å². The Balaban J connectivity index is 2.02. The van der Waals surface area contributed by atoms with Gasteiger partial charge in [0.2, 0.25) is 5.95 Å². The summed E-state index contributed by atoms with van der Waals surface area (Å²) in [5.74, 6) is 2.41. The summed E-state index contributed by atoms with van der Waals surface area (Å²) in [5, 5.41) is 6.53. The van der Waals surface area contributed by atoms with E-state index in [-0.39, 0.29) is 0 Å². The Morgan fingerprint density at radius 1 is 1.35 bits per heavy atom. The highest BCUT2D eigenvalue weighted by Gasteiger charge is 2.23. The lowest BCUT2D eigenvalue weighted by Crippen LogP contribution is -2.32. The molecule has 1 aliphatic carbocycles. The van der Waals surface area contributed by atoms with Crippen LogP contribution in [-0.4, -0.2) is 23.1 Å². The maximum absolute atomic E-state index is 4.42. The van der Waals surface area contributed by atoms with Crippen LogP contribution in [0.15, 0.2) is 12.3 Å². The Morgan fingerprint density at radius 2 is 2.18 bits per heavy atom. The molecule has 1 aromatic heterocycles. The van der Waals surface area contributed by atoms with Crippen LogP contribution in [0.3, 0.4) is 0 Å². The zero-order chi connectivity index (χ0) is 12.1. The van der Waals surface area contributed by atoms with Gasteiger partial charge in [-0.25, -0.2) is 4.98 Å². The molecule has 0 aromatic carbocycles. The minimum Gasteiger partial charge on any atom is -0.367 e. The standard InChI is InChI=1S/C13H22N4/c1-3-10-6-4-5-7-11(10)16-12-8-9-15-13(14-2)17-12/h8-11H,3-7H2,1-2H3,(H2,14,15,16,17). The lowest BCUT2D eigenvalue weighted by atomic mass is 9.83. The van der Waals surface area contributed by atoms with Crippen LogP contribution in [0.25, 0.3) is 0 Å². The molecule has 17 heavy (non-hydrogen) atoms. The average Bonchev–Trinajstić information content (AvgIpc) is 2.39. The Labute approximate surface area is 103 Å². The van der Waals surface area contributed by atoms with Gasteiger partial charge in [0.15, 0.2) is 0 Å². The fraction of sp³-hybridized carbons (Fsp3) is 0.692. The first-order valence-electron chi connectivity index (χ1n) is 6.60. The van der Waals surface area contributed by atoms with E-state index in [1.54, 1.807) is 6.20 Å². The van der Waals surface area contributed by atoms with Crippen LogP contribution in [-0.2, 0) is 0 Å². The van der Waals surface area contributed by atoms with Gasteiger partial charge in [-0.05, 0) is 24.8 Å². The molecule has 4 heteroatoms. The van der Waals surface area contributed by atoms with E-state index < -0.39 is 0 Å². The predicted molar refractivity (Wildman–Crippen MR) is 71.2 cm³/mol. The molecule has 0 bridgehead atoms. The van der Waals surface area contributed by atoms with Crippen LogP contribution in [0.2, 0.25) is 0 Å². The summed E-state index contributed by atoms with van der Waals surface area (Å²) in [6.07, 6.45) is 8.36. The molecule has 0 radical (unpaired) electrons. The van der Waals surface area contributed by atoms with Gasteiger partial charge in [0, 0.05) is 19.3 Å². The molecule has 94 valence electrons. The minimum atomic E-state index is 0.577. The van der Waals surface area contributed by atoms with Gasteiger partial charge in [-0.2, -0.15) is 4.98 Å². The lowest BCUT2D eigenvalue weighted by Gasteiger charge is -2.31. The Bertz CT molecular complexity index is 353. The second kappa shape index (κ2) is 5.84. The zero-order valence-electron chi connectivity index (χ0n) is 10.7. The van der Waals surface area contributed by atoms with Crippen LogP contribution in [0.4, 0.5) is 11.8 Å².